The van der Waals surface area contributed by atoms with Gasteiger partial charge in [0.25, 0.3) is 0 Å². The third kappa shape index (κ3) is 2.32. The molecule has 0 unspecified atom stereocenters. The molecule has 1 fully saturated rings. The highest BCUT2D eigenvalue weighted by Crippen LogP contribution is 2.41. The van der Waals surface area contributed by atoms with E-state index in [1.165, 1.54) is 11.3 Å². The van der Waals surface area contributed by atoms with Gasteiger partial charge >= 0.3 is 0 Å². The summed E-state index contributed by atoms with van der Waals surface area (Å²) in [6, 6.07) is 7.74. The first-order valence-electron chi connectivity index (χ1n) is 7.28. The van der Waals surface area contributed by atoms with E-state index in [2.05, 4.69) is 16.4 Å². The number of carbonyl (C=O) groups excluding carboxylic acids is 1. The molecule has 0 radical (unpaired) electrons. The number of rotatable bonds is 3. The molecule has 2 aliphatic rings. The van der Waals surface area contributed by atoms with Crippen molar-refractivity contribution < 1.29 is 14.3 Å². The largest absolute Gasteiger partial charge is 0.454 e. The number of thiazole rings is 1. The van der Waals surface area contributed by atoms with Gasteiger partial charge in [-0.25, -0.2) is 4.98 Å². The second-order valence-electron chi connectivity index (χ2n) is 5.61. The Morgan fingerprint density at radius 1 is 1.35 bits per heavy atom. The van der Waals surface area contributed by atoms with Crippen LogP contribution in [0.3, 0.4) is 0 Å². The van der Waals surface area contributed by atoms with Crippen LogP contribution in [-0.4, -0.2) is 17.7 Å². The van der Waals surface area contributed by atoms with Crippen LogP contribution in [0.4, 0.5) is 5.13 Å². The van der Waals surface area contributed by atoms with E-state index in [0.29, 0.717) is 23.7 Å². The van der Waals surface area contributed by atoms with Gasteiger partial charge in [-0.3, -0.25) is 4.79 Å². The molecular weight excluding hydrogens is 314 g/mol. The van der Waals surface area contributed by atoms with Crippen LogP contribution >= 0.6 is 11.3 Å². The van der Waals surface area contributed by atoms with Crippen molar-refractivity contribution in [3.63, 3.8) is 0 Å². The number of hydrogen-bond donors (Lipinski definition) is 1. The number of fused-ring (bicyclic) bond motifs is 1. The van der Waals surface area contributed by atoms with Gasteiger partial charge in [0, 0.05) is 10.9 Å². The minimum absolute atomic E-state index is 0.230. The number of anilines is 1. The number of benzene rings is 1. The van der Waals surface area contributed by atoms with Gasteiger partial charge in [0.05, 0.1) is 11.8 Å². The van der Waals surface area contributed by atoms with E-state index in [1.54, 1.807) is 0 Å². The summed E-state index contributed by atoms with van der Waals surface area (Å²) in [7, 11) is 0. The summed E-state index contributed by atoms with van der Waals surface area (Å²) >= 11 is 1.34. The molecule has 1 aromatic heterocycles. The summed E-state index contributed by atoms with van der Waals surface area (Å²) in [5, 5.41) is 14.3. The number of aromatic nitrogens is 1. The molecule has 116 valence electrons. The monoisotopic (exact) mass is 327 g/mol. The van der Waals surface area contributed by atoms with Crippen molar-refractivity contribution in [3.05, 3.63) is 23.6 Å². The Labute approximate surface area is 136 Å². The van der Waals surface area contributed by atoms with Gasteiger partial charge in [0.2, 0.25) is 12.7 Å². The standard InChI is InChI=1S/C16H13N3O3S/c17-8-16(4-1-5-16)14(20)19-15-18-11(7-23-15)10-2-3-12-13(6-10)22-9-21-12/h2-3,6-7H,1,4-5,9H2,(H,18,19,20). The van der Waals surface area contributed by atoms with E-state index >= 15 is 0 Å². The van der Waals surface area contributed by atoms with Gasteiger partial charge in [0.15, 0.2) is 16.6 Å². The lowest BCUT2D eigenvalue weighted by atomic mass is 9.69. The lowest BCUT2D eigenvalue weighted by Crippen LogP contribution is -2.40. The highest BCUT2D eigenvalue weighted by Gasteiger charge is 2.44. The molecule has 1 amide bonds. The smallest absolute Gasteiger partial charge is 0.246 e. The summed E-state index contributed by atoms with van der Waals surface area (Å²) in [5.74, 6) is 1.16. The SMILES string of the molecule is N#CC1(C(=O)Nc2nc(-c3ccc4c(c3)OCO4)cs2)CCC1. The predicted molar refractivity (Wildman–Crippen MR) is 84.2 cm³/mol. The van der Waals surface area contributed by atoms with Crippen molar-refractivity contribution in [3.8, 4) is 28.8 Å². The summed E-state index contributed by atoms with van der Waals surface area (Å²) < 4.78 is 10.6. The molecule has 0 atom stereocenters. The van der Waals surface area contributed by atoms with Crippen LogP contribution in [0.5, 0.6) is 11.5 Å². The van der Waals surface area contributed by atoms with Crippen molar-refractivity contribution in [2.75, 3.05) is 12.1 Å². The zero-order valence-corrected chi connectivity index (χ0v) is 13.0. The van der Waals surface area contributed by atoms with Gasteiger partial charge in [0.1, 0.15) is 5.41 Å². The van der Waals surface area contributed by atoms with E-state index in [4.69, 9.17) is 9.47 Å². The molecule has 23 heavy (non-hydrogen) atoms. The number of carbonyl (C=O) groups is 1. The zero-order chi connectivity index (χ0) is 15.9. The fourth-order valence-electron chi connectivity index (χ4n) is 2.66. The van der Waals surface area contributed by atoms with Gasteiger partial charge in [-0.2, -0.15) is 5.26 Å². The van der Waals surface area contributed by atoms with Crippen LogP contribution in [0.25, 0.3) is 11.3 Å². The quantitative estimate of drug-likeness (QED) is 0.936. The normalized spacial score (nSPS) is 17.2. The molecule has 0 spiro atoms. The maximum Gasteiger partial charge on any atom is 0.246 e. The lowest BCUT2D eigenvalue weighted by molar-refractivity contribution is -0.126. The van der Waals surface area contributed by atoms with Crippen molar-refractivity contribution in [1.29, 1.82) is 5.26 Å². The molecule has 6 nitrogen and oxygen atoms in total. The number of ether oxygens (including phenoxy) is 2. The third-order valence-corrected chi connectivity index (χ3v) is 5.01. The Hall–Kier alpha value is -2.59. The van der Waals surface area contributed by atoms with E-state index in [0.717, 1.165) is 23.4 Å². The van der Waals surface area contributed by atoms with Crippen LogP contribution in [0.15, 0.2) is 23.6 Å². The molecule has 0 saturated heterocycles. The molecule has 1 saturated carbocycles. The minimum Gasteiger partial charge on any atom is -0.454 e. The van der Waals surface area contributed by atoms with Crippen molar-refractivity contribution in [2.45, 2.75) is 19.3 Å². The molecular formula is C16H13N3O3S. The first kappa shape index (κ1) is 14.0. The topological polar surface area (TPSA) is 84.2 Å². The third-order valence-electron chi connectivity index (χ3n) is 4.25. The Morgan fingerprint density at radius 2 is 2.17 bits per heavy atom. The first-order chi connectivity index (χ1) is 11.2. The minimum atomic E-state index is -0.870. The van der Waals surface area contributed by atoms with Gasteiger partial charge < -0.3 is 14.8 Å². The molecule has 4 rings (SSSR count). The number of hydrogen-bond acceptors (Lipinski definition) is 6. The molecule has 0 bridgehead atoms. The van der Waals surface area contributed by atoms with Gasteiger partial charge in [-0.1, -0.05) is 0 Å². The molecule has 1 aliphatic carbocycles. The summed E-state index contributed by atoms with van der Waals surface area (Å²) in [6.07, 6.45) is 2.16. The molecule has 2 aromatic rings. The van der Waals surface area contributed by atoms with Crippen LogP contribution in [-0.2, 0) is 4.79 Å². The highest BCUT2D eigenvalue weighted by atomic mass is 32.1. The van der Waals surface area contributed by atoms with Crippen molar-refractivity contribution in [1.82, 2.24) is 4.98 Å². The molecule has 1 N–H and O–H groups in total. The number of amides is 1. The number of nitrogens with one attached hydrogen (secondary N) is 1. The summed E-state index contributed by atoms with van der Waals surface area (Å²) in [5.41, 5.74) is 0.776. The van der Waals surface area contributed by atoms with Crippen LogP contribution in [0.2, 0.25) is 0 Å². The molecule has 1 aromatic carbocycles. The first-order valence-corrected chi connectivity index (χ1v) is 8.16. The fourth-order valence-corrected chi connectivity index (χ4v) is 3.37. The second kappa shape index (κ2) is 5.25. The second-order valence-corrected chi connectivity index (χ2v) is 6.47. The molecule has 7 heteroatoms. The van der Waals surface area contributed by atoms with Gasteiger partial charge in [-0.15, -0.1) is 11.3 Å². The number of nitriles is 1. The van der Waals surface area contributed by atoms with Crippen LogP contribution < -0.4 is 14.8 Å². The Bertz CT molecular complexity index is 820. The van der Waals surface area contributed by atoms with Crippen LogP contribution in [0.1, 0.15) is 19.3 Å². The van der Waals surface area contributed by atoms with Crippen molar-refractivity contribution >= 4 is 22.4 Å². The van der Waals surface area contributed by atoms with Gasteiger partial charge in [-0.05, 0) is 37.5 Å². The average molecular weight is 327 g/mol. The maximum absolute atomic E-state index is 12.2. The van der Waals surface area contributed by atoms with E-state index in [9.17, 15) is 10.1 Å². The van der Waals surface area contributed by atoms with E-state index < -0.39 is 5.41 Å². The summed E-state index contributed by atoms with van der Waals surface area (Å²) in [4.78, 5) is 16.7. The van der Waals surface area contributed by atoms with Crippen LogP contribution in [0, 0.1) is 16.7 Å². The molecule has 2 heterocycles. The Morgan fingerprint density at radius 3 is 2.91 bits per heavy atom. The summed E-state index contributed by atoms with van der Waals surface area (Å²) in [6.45, 7) is 0.230. The average Bonchev–Trinajstić information content (AvgIpc) is 3.14. The zero-order valence-electron chi connectivity index (χ0n) is 12.2. The van der Waals surface area contributed by atoms with E-state index in [-0.39, 0.29) is 12.7 Å². The lowest BCUT2D eigenvalue weighted by Gasteiger charge is -2.32. The van der Waals surface area contributed by atoms with E-state index in [1.807, 2.05) is 23.6 Å². The Kier molecular flexibility index (Phi) is 3.20. The predicted octanol–water partition coefficient (Wildman–Crippen LogP) is 3.17. The van der Waals surface area contributed by atoms with Crippen molar-refractivity contribution in [2.24, 2.45) is 5.41 Å². The highest BCUT2D eigenvalue weighted by molar-refractivity contribution is 7.14. The maximum atomic E-state index is 12.2. The fraction of sp³-hybridized carbons (Fsp3) is 0.312. The Balaban J connectivity index is 1.53. The molecule has 1 aliphatic heterocycles. The number of nitrogens with zero attached hydrogens (tertiary/aromatic N) is 2.